The molecule has 0 radical (unpaired) electrons. The number of aromatic amines is 1. The lowest BCUT2D eigenvalue weighted by Gasteiger charge is -2.26. The van der Waals surface area contributed by atoms with Gasteiger partial charge in [-0.15, -0.1) is 0 Å². The fourth-order valence-corrected chi connectivity index (χ4v) is 4.84. The Morgan fingerprint density at radius 1 is 1.24 bits per heavy atom. The smallest absolute Gasteiger partial charge is 0.181 e. The van der Waals surface area contributed by atoms with Crippen molar-refractivity contribution in [2.24, 2.45) is 5.92 Å². The van der Waals surface area contributed by atoms with Crippen molar-refractivity contribution >= 4 is 15.6 Å². The van der Waals surface area contributed by atoms with Gasteiger partial charge in [-0.2, -0.15) is 5.10 Å². The summed E-state index contributed by atoms with van der Waals surface area (Å²) in [6.45, 7) is 4.27. The summed E-state index contributed by atoms with van der Waals surface area (Å²) in [6.07, 6.45) is 2.13. The highest BCUT2D eigenvalue weighted by Crippen LogP contribution is 2.26. The molecule has 3 rings (SSSR count). The number of phenols is 1. The van der Waals surface area contributed by atoms with Gasteiger partial charge in [-0.25, -0.2) is 13.4 Å². The van der Waals surface area contributed by atoms with Crippen molar-refractivity contribution in [2.45, 2.75) is 44.3 Å². The number of hydrogen-bond donors (Lipinski definition) is 2. The van der Waals surface area contributed by atoms with E-state index >= 15 is 0 Å². The Bertz CT molecular complexity index is 945. The summed E-state index contributed by atoms with van der Waals surface area (Å²) in [5.74, 6) is 0.724. The molecular formula is C20H27N3O5S. The van der Waals surface area contributed by atoms with E-state index in [9.17, 15) is 18.3 Å². The SMILES string of the molecule is CC(C)(C(=O)Cc1nc(-c2ccc(O)cc2)n[nH]1)S(=O)(=O)CCC1CCOCC1. The van der Waals surface area contributed by atoms with Crippen LogP contribution in [0, 0.1) is 5.92 Å². The Labute approximate surface area is 170 Å². The van der Waals surface area contributed by atoms with Crippen LogP contribution in [-0.2, 0) is 25.8 Å². The highest BCUT2D eigenvalue weighted by Gasteiger charge is 2.41. The van der Waals surface area contributed by atoms with Crippen LogP contribution in [0.5, 0.6) is 5.75 Å². The average molecular weight is 422 g/mol. The lowest BCUT2D eigenvalue weighted by molar-refractivity contribution is -0.120. The molecule has 0 amide bonds. The van der Waals surface area contributed by atoms with Crippen molar-refractivity contribution in [1.82, 2.24) is 15.2 Å². The van der Waals surface area contributed by atoms with Crippen LogP contribution in [0.3, 0.4) is 0 Å². The Balaban J connectivity index is 1.64. The summed E-state index contributed by atoms with van der Waals surface area (Å²) >= 11 is 0. The van der Waals surface area contributed by atoms with Crippen molar-refractivity contribution in [2.75, 3.05) is 19.0 Å². The first-order valence-electron chi connectivity index (χ1n) is 9.73. The van der Waals surface area contributed by atoms with Gasteiger partial charge in [-0.3, -0.25) is 9.89 Å². The number of ketones is 1. The van der Waals surface area contributed by atoms with Crippen molar-refractivity contribution in [3.05, 3.63) is 30.1 Å². The maximum absolute atomic E-state index is 12.9. The molecule has 29 heavy (non-hydrogen) atoms. The molecule has 0 spiro atoms. The molecule has 1 aliphatic rings. The molecule has 1 saturated heterocycles. The first-order chi connectivity index (χ1) is 13.7. The quantitative estimate of drug-likeness (QED) is 0.670. The maximum Gasteiger partial charge on any atom is 0.181 e. The maximum atomic E-state index is 12.9. The van der Waals surface area contributed by atoms with Gasteiger partial charge in [0.1, 0.15) is 16.3 Å². The molecule has 0 unspecified atom stereocenters. The van der Waals surface area contributed by atoms with Crippen LogP contribution < -0.4 is 0 Å². The molecule has 9 heteroatoms. The second-order valence-corrected chi connectivity index (χ2v) is 10.6. The van der Waals surface area contributed by atoms with E-state index in [1.807, 2.05) is 0 Å². The number of hydrogen-bond acceptors (Lipinski definition) is 7. The summed E-state index contributed by atoms with van der Waals surface area (Å²) in [7, 11) is -3.61. The number of carbonyl (C=O) groups excluding carboxylic acids is 1. The van der Waals surface area contributed by atoms with E-state index in [0.29, 0.717) is 42.8 Å². The largest absolute Gasteiger partial charge is 0.508 e. The lowest BCUT2D eigenvalue weighted by Crippen LogP contribution is -2.43. The van der Waals surface area contributed by atoms with Crippen molar-refractivity contribution in [3.63, 3.8) is 0 Å². The molecule has 0 saturated carbocycles. The fraction of sp³-hybridized carbons (Fsp3) is 0.550. The van der Waals surface area contributed by atoms with Crippen molar-refractivity contribution < 1.29 is 23.1 Å². The van der Waals surface area contributed by atoms with Gasteiger partial charge < -0.3 is 9.84 Å². The third-order valence-electron chi connectivity index (χ3n) is 5.57. The number of Topliss-reactive ketones (excluding diaryl/α,β-unsaturated/α-hetero) is 1. The van der Waals surface area contributed by atoms with Gasteiger partial charge >= 0.3 is 0 Å². The molecule has 158 valence electrons. The number of rotatable bonds is 8. The molecule has 2 heterocycles. The molecule has 2 N–H and O–H groups in total. The average Bonchev–Trinajstić information content (AvgIpc) is 3.16. The van der Waals surface area contributed by atoms with Crippen LogP contribution in [0.25, 0.3) is 11.4 Å². The van der Waals surface area contributed by atoms with E-state index in [0.717, 1.165) is 12.8 Å². The number of carbonyl (C=O) groups is 1. The van der Waals surface area contributed by atoms with Crippen LogP contribution in [-0.4, -0.2) is 58.2 Å². The van der Waals surface area contributed by atoms with Crippen molar-refractivity contribution in [1.29, 1.82) is 0 Å². The third kappa shape index (κ3) is 5.02. The molecule has 0 bridgehead atoms. The lowest BCUT2D eigenvalue weighted by atomic mass is 9.98. The number of phenolic OH excluding ortho intramolecular Hbond substituents is 1. The Hall–Kier alpha value is -2.26. The molecule has 1 fully saturated rings. The molecule has 2 aromatic rings. The van der Waals surface area contributed by atoms with Gasteiger partial charge in [-0.1, -0.05) is 0 Å². The second-order valence-electron chi connectivity index (χ2n) is 7.93. The number of nitrogens with zero attached hydrogens (tertiary/aromatic N) is 2. The van der Waals surface area contributed by atoms with Crippen LogP contribution in [0.4, 0.5) is 0 Å². The number of benzene rings is 1. The minimum Gasteiger partial charge on any atom is -0.508 e. The van der Waals surface area contributed by atoms with E-state index < -0.39 is 20.4 Å². The molecule has 1 aliphatic heterocycles. The number of sulfone groups is 1. The van der Waals surface area contributed by atoms with E-state index in [-0.39, 0.29) is 17.9 Å². The summed E-state index contributed by atoms with van der Waals surface area (Å²) in [4.78, 5) is 17.1. The van der Waals surface area contributed by atoms with Gasteiger partial charge in [0.15, 0.2) is 21.4 Å². The predicted molar refractivity (Wildman–Crippen MR) is 108 cm³/mol. The number of aromatic hydroxyl groups is 1. The number of ether oxygens (including phenoxy) is 1. The van der Waals surface area contributed by atoms with Gasteiger partial charge in [0.05, 0.1) is 12.2 Å². The van der Waals surface area contributed by atoms with E-state index in [1.165, 1.54) is 26.0 Å². The van der Waals surface area contributed by atoms with Gasteiger partial charge in [0, 0.05) is 18.8 Å². The number of nitrogens with one attached hydrogen (secondary N) is 1. The standard InChI is InChI=1S/C20H27N3O5S/c1-20(2,29(26,27)12-9-14-7-10-28-11-8-14)17(25)13-18-21-19(23-22-18)15-3-5-16(24)6-4-15/h3-6,14,24H,7-13H2,1-2H3,(H,21,22,23). The van der Waals surface area contributed by atoms with E-state index in [4.69, 9.17) is 4.74 Å². The van der Waals surface area contributed by atoms with Crippen molar-refractivity contribution in [3.8, 4) is 17.1 Å². The zero-order chi connectivity index (χ0) is 21.1. The van der Waals surface area contributed by atoms with Crippen LogP contribution >= 0.6 is 0 Å². The highest BCUT2D eigenvalue weighted by atomic mass is 32.2. The molecule has 1 aromatic heterocycles. The Morgan fingerprint density at radius 3 is 2.55 bits per heavy atom. The van der Waals surface area contributed by atoms with Gasteiger partial charge in [0.25, 0.3) is 0 Å². The first kappa shape index (κ1) is 21.4. The predicted octanol–water partition coefficient (Wildman–Crippen LogP) is 2.30. The molecule has 0 atom stereocenters. The Kier molecular flexibility index (Phi) is 6.38. The molecule has 0 aliphatic carbocycles. The molecular weight excluding hydrogens is 394 g/mol. The summed E-state index contributed by atoms with van der Waals surface area (Å²) in [6, 6.07) is 6.36. The summed E-state index contributed by atoms with van der Waals surface area (Å²) in [5.41, 5.74) is 0.682. The minimum absolute atomic E-state index is 0.00836. The van der Waals surface area contributed by atoms with E-state index in [1.54, 1.807) is 12.1 Å². The zero-order valence-corrected chi connectivity index (χ0v) is 17.5. The van der Waals surface area contributed by atoms with Gasteiger partial charge in [0.2, 0.25) is 0 Å². The summed E-state index contributed by atoms with van der Waals surface area (Å²) in [5, 5.41) is 16.1. The topological polar surface area (TPSA) is 122 Å². The van der Waals surface area contributed by atoms with Crippen LogP contribution in [0.15, 0.2) is 24.3 Å². The third-order valence-corrected chi connectivity index (χ3v) is 8.13. The zero-order valence-electron chi connectivity index (χ0n) is 16.7. The fourth-order valence-electron chi connectivity index (χ4n) is 3.26. The minimum atomic E-state index is -3.61. The molecule has 1 aromatic carbocycles. The monoisotopic (exact) mass is 421 g/mol. The molecule has 8 nitrogen and oxygen atoms in total. The van der Waals surface area contributed by atoms with Crippen LogP contribution in [0.2, 0.25) is 0 Å². The normalized spacial score (nSPS) is 16.1. The summed E-state index contributed by atoms with van der Waals surface area (Å²) < 4.78 is 29.5. The van der Waals surface area contributed by atoms with E-state index in [2.05, 4.69) is 15.2 Å². The first-order valence-corrected chi connectivity index (χ1v) is 11.4. The Morgan fingerprint density at radius 2 is 1.90 bits per heavy atom. The van der Waals surface area contributed by atoms with Crippen LogP contribution in [0.1, 0.15) is 38.9 Å². The number of aromatic nitrogens is 3. The highest BCUT2D eigenvalue weighted by molar-refractivity contribution is 7.93. The van der Waals surface area contributed by atoms with Gasteiger partial charge in [-0.05, 0) is 63.3 Å². The second kappa shape index (κ2) is 8.62. The number of H-pyrrole nitrogens is 1.